The third kappa shape index (κ3) is 4.94. The van der Waals surface area contributed by atoms with Crippen LogP contribution in [-0.2, 0) is 9.59 Å². The first-order valence-electron chi connectivity index (χ1n) is 10.2. The molecule has 2 atom stereocenters. The lowest BCUT2D eigenvalue weighted by Gasteiger charge is -2.41. The third-order valence-electron chi connectivity index (χ3n) is 5.42. The van der Waals surface area contributed by atoms with Crippen LogP contribution in [0.1, 0.15) is 49.8 Å². The van der Waals surface area contributed by atoms with Gasteiger partial charge in [-0.15, -0.1) is 0 Å². The van der Waals surface area contributed by atoms with Crippen LogP contribution < -0.4 is 10.1 Å². The average molecular weight is 396 g/mol. The van der Waals surface area contributed by atoms with Gasteiger partial charge >= 0.3 is 0 Å². The predicted octanol–water partition coefficient (Wildman–Crippen LogP) is 4.12. The van der Waals surface area contributed by atoms with Crippen LogP contribution in [0.2, 0.25) is 0 Å². The first-order valence-corrected chi connectivity index (χ1v) is 10.2. The average Bonchev–Trinajstić information content (AvgIpc) is 2.74. The summed E-state index contributed by atoms with van der Waals surface area (Å²) in [5.74, 6) is 0.959. The van der Waals surface area contributed by atoms with Crippen LogP contribution in [0.25, 0.3) is 0 Å². The van der Waals surface area contributed by atoms with Crippen molar-refractivity contribution in [2.24, 2.45) is 5.92 Å². The number of piperidine rings is 1. The van der Waals surface area contributed by atoms with Crippen LogP contribution >= 0.6 is 0 Å². The van der Waals surface area contributed by atoms with Gasteiger partial charge in [-0.3, -0.25) is 9.59 Å². The standard InChI is InChI=1S/C23H29N3O3/c1-4-5-14-26-21(27)13-11-19(22(26)17-7-9-18(29-3)10-8-17)23(28)25-20-12-6-16(2)15-24-20/h6-10,12,15,19,22H,4-5,11,13-14H2,1-3H3,(H,24,25,28)/t19-,22-/m0/s1. The number of carbonyl (C=O) groups excluding carboxylic acids is 2. The minimum absolute atomic E-state index is 0.101. The molecule has 154 valence electrons. The molecule has 3 rings (SSSR count). The zero-order chi connectivity index (χ0) is 20.8. The molecule has 0 bridgehead atoms. The Balaban J connectivity index is 1.89. The molecule has 6 heteroatoms. The Morgan fingerprint density at radius 2 is 2.00 bits per heavy atom. The van der Waals surface area contributed by atoms with Crippen LogP contribution in [0.15, 0.2) is 42.6 Å². The highest BCUT2D eigenvalue weighted by molar-refractivity contribution is 5.94. The molecule has 0 spiro atoms. The Kier molecular flexibility index (Phi) is 6.86. The summed E-state index contributed by atoms with van der Waals surface area (Å²) in [6, 6.07) is 11.1. The Bertz CT molecular complexity index is 833. The van der Waals surface area contributed by atoms with Crippen molar-refractivity contribution in [3.8, 4) is 5.75 Å². The first kappa shape index (κ1) is 20.8. The van der Waals surface area contributed by atoms with E-state index in [9.17, 15) is 9.59 Å². The first-order chi connectivity index (χ1) is 14.0. The van der Waals surface area contributed by atoms with Crippen LogP contribution in [0, 0.1) is 12.8 Å². The molecule has 1 fully saturated rings. The molecule has 1 N–H and O–H groups in total. The van der Waals surface area contributed by atoms with Crippen molar-refractivity contribution in [2.75, 3.05) is 19.0 Å². The van der Waals surface area contributed by atoms with E-state index in [1.165, 1.54) is 0 Å². The quantitative estimate of drug-likeness (QED) is 0.766. The van der Waals surface area contributed by atoms with E-state index in [0.29, 0.717) is 25.2 Å². The third-order valence-corrected chi connectivity index (χ3v) is 5.42. The monoisotopic (exact) mass is 395 g/mol. The van der Waals surface area contributed by atoms with Crippen molar-refractivity contribution >= 4 is 17.6 Å². The van der Waals surface area contributed by atoms with Gasteiger partial charge in [-0.2, -0.15) is 0 Å². The number of hydrogen-bond acceptors (Lipinski definition) is 4. The second kappa shape index (κ2) is 9.54. The number of aromatic nitrogens is 1. The van der Waals surface area contributed by atoms with Crippen LogP contribution in [0.3, 0.4) is 0 Å². The molecule has 0 saturated carbocycles. The van der Waals surface area contributed by atoms with Gasteiger partial charge in [0.2, 0.25) is 11.8 Å². The molecule has 1 aliphatic rings. The van der Waals surface area contributed by atoms with E-state index < -0.39 is 0 Å². The highest BCUT2D eigenvalue weighted by atomic mass is 16.5. The van der Waals surface area contributed by atoms with Gasteiger partial charge in [0, 0.05) is 19.2 Å². The zero-order valence-corrected chi connectivity index (χ0v) is 17.4. The highest BCUT2D eigenvalue weighted by Gasteiger charge is 2.40. The van der Waals surface area contributed by atoms with Gasteiger partial charge in [-0.25, -0.2) is 4.98 Å². The lowest BCUT2D eigenvalue weighted by molar-refractivity contribution is -0.142. The van der Waals surface area contributed by atoms with E-state index in [1.807, 2.05) is 42.2 Å². The molecular weight excluding hydrogens is 366 g/mol. The lowest BCUT2D eigenvalue weighted by Crippen LogP contribution is -2.47. The largest absolute Gasteiger partial charge is 0.497 e. The van der Waals surface area contributed by atoms with Gasteiger partial charge in [-0.05, 0) is 49.1 Å². The number of nitrogens with one attached hydrogen (secondary N) is 1. The lowest BCUT2D eigenvalue weighted by atomic mass is 9.83. The minimum atomic E-state index is -0.332. The molecule has 1 aromatic heterocycles. The molecule has 0 radical (unpaired) electrons. The number of aryl methyl sites for hydroxylation is 1. The molecule has 1 saturated heterocycles. The molecule has 6 nitrogen and oxygen atoms in total. The van der Waals surface area contributed by atoms with E-state index in [2.05, 4.69) is 17.2 Å². The predicted molar refractivity (Wildman–Crippen MR) is 113 cm³/mol. The molecule has 1 aromatic carbocycles. The van der Waals surface area contributed by atoms with E-state index in [0.717, 1.165) is 29.7 Å². The number of likely N-dealkylation sites (tertiary alicyclic amines) is 1. The number of ether oxygens (including phenoxy) is 1. The molecule has 0 aliphatic carbocycles. The number of benzene rings is 1. The van der Waals surface area contributed by atoms with E-state index in [4.69, 9.17) is 4.74 Å². The van der Waals surface area contributed by atoms with Crippen molar-refractivity contribution in [1.29, 1.82) is 0 Å². The molecule has 0 unspecified atom stereocenters. The highest BCUT2D eigenvalue weighted by Crippen LogP contribution is 2.38. The second-order valence-corrected chi connectivity index (χ2v) is 7.51. The van der Waals surface area contributed by atoms with Gasteiger partial charge < -0.3 is 15.0 Å². The van der Waals surface area contributed by atoms with Crippen molar-refractivity contribution in [3.63, 3.8) is 0 Å². The molecular formula is C23H29N3O3. The zero-order valence-electron chi connectivity index (χ0n) is 17.4. The number of rotatable bonds is 7. The maximum atomic E-state index is 13.2. The molecule has 1 aliphatic heterocycles. The Morgan fingerprint density at radius 1 is 1.24 bits per heavy atom. The van der Waals surface area contributed by atoms with Gasteiger partial charge in [-0.1, -0.05) is 31.5 Å². The topological polar surface area (TPSA) is 71.5 Å². The number of methoxy groups -OCH3 is 1. The molecule has 2 heterocycles. The number of pyridine rings is 1. The van der Waals surface area contributed by atoms with Crippen molar-refractivity contribution < 1.29 is 14.3 Å². The number of carbonyl (C=O) groups is 2. The number of nitrogens with zero attached hydrogens (tertiary/aromatic N) is 2. The van der Waals surface area contributed by atoms with Crippen molar-refractivity contribution in [1.82, 2.24) is 9.88 Å². The van der Waals surface area contributed by atoms with E-state index in [1.54, 1.807) is 19.4 Å². The maximum Gasteiger partial charge on any atom is 0.231 e. The maximum absolute atomic E-state index is 13.2. The van der Waals surface area contributed by atoms with Gasteiger partial charge in [0.15, 0.2) is 0 Å². The van der Waals surface area contributed by atoms with Crippen LogP contribution in [-0.4, -0.2) is 35.4 Å². The Hall–Kier alpha value is -2.89. The summed E-state index contributed by atoms with van der Waals surface area (Å²) < 4.78 is 5.26. The smallest absolute Gasteiger partial charge is 0.231 e. The number of hydrogen-bond donors (Lipinski definition) is 1. The summed E-state index contributed by atoms with van der Waals surface area (Å²) in [6.07, 6.45) is 4.54. The molecule has 2 amide bonds. The van der Waals surface area contributed by atoms with Crippen molar-refractivity contribution in [2.45, 2.75) is 45.6 Å². The summed E-state index contributed by atoms with van der Waals surface area (Å²) in [5.41, 5.74) is 1.99. The van der Waals surface area contributed by atoms with Crippen molar-refractivity contribution in [3.05, 3.63) is 53.7 Å². The summed E-state index contributed by atoms with van der Waals surface area (Å²) in [6.45, 7) is 4.71. The normalized spacial score (nSPS) is 19.1. The van der Waals surface area contributed by atoms with E-state index >= 15 is 0 Å². The number of unbranched alkanes of at least 4 members (excludes halogenated alkanes) is 1. The summed E-state index contributed by atoms with van der Waals surface area (Å²) in [5, 5.41) is 2.94. The summed E-state index contributed by atoms with van der Waals surface area (Å²) in [4.78, 5) is 32.1. The number of anilines is 1. The van der Waals surface area contributed by atoms with Crippen LogP contribution in [0.5, 0.6) is 5.75 Å². The second-order valence-electron chi connectivity index (χ2n) is 7.51. The van der Waals surface area contributed by atoms with Gasteiger partial charge in [0.1, 0.15) is 11.6 Å². The Labute approximate surface area is 172 Å². The summed E-state index contributed by atoms with van der Waals surface area (Å²) in [7, 11) is 1.62. The fourth-order valence-corrected chi connectivity index (χ4v) is 3.79. The summed E-state index contributed by atoms with van der Waals surface area (Å²) >= 11 is 0. The SMILES string of the molecule is CCCCN1C(=O)CC[C@H](C(=O)Nc2ccc(C)cn2)[C@@H]1c1ccc(OC)cc1. The fourth-order valence-electron chi connectivity index (χ4n) is 3.79. The minimum Gasteiger partial charge on any atom is -0.497 e. The molecule has 2 aromatic rings. The van der Waals surface area contributed by atoms with E-state index in [-0.39, 0.29) is 23.8 Å². The van der Waals surface area contributed by atoms with Gasteiger partial charge in [0.25, 0.3) is 0 Å². The van der Waals surface area contributed by atoms with Crippen LogP contribution in [0.4, 0.5) is 5.82 Å². The van der Waals surface area contributed by atoms with Gasteiger partial charge in [0.05, 0.1) is 19.1 Å². The Morgan fingerprint density at radius 3 is 2.62 bits per heavy atom. The number of amides is 2. The fraction of sp³-hybridized carbons (Fsp3) is 0.435. The molecule has 29 heavy (non-hydrogen) atoms.